The summed E-state index contributed by atoms with van der Waals surface area (Å²) in [4.78, 5) is 0. The highest BCUT2D eigenvalue weighted by Gasteiger charge is 2.53. The van der Waals surface area contributed by atoms with E-state index in [0.29, 0.717) is 12.5 Å². The minimum absolute atomic E-state index is 0.107. The van der Waals surface area contributed by atoms with Crippen molar-refractivity contribution in [3.8, 4) is 0 Å². The van der Waals surface area contributed by atoms with Gasteiger partial charge in [0, 0.05) is 0 Å². The van der Waals surface area contributed by atoms with Crippen LogP contribution in [0, 0.1) is 7.14 Å². The predicted molar refractivity (Wildman–Crippen MR) is 150 cm³/mol. The number of hydrogen-bond acceptors (Lipinski definition) is 3. The molecule has 0 amide bonds. The quantitative estimate of drug-likeness (QED) is 0.256. The molecule has 3 nitrogen and oxygen atoms in total. The zero-order valence-electron chi connectivity index (χ0n) is 23.1. The second-order valence-electron chi connectivity index (χ2n) is 11.7. The van der Waals surface area contributed by atoms with Gasteiger partial charge in [0.25, 0.3) is 0 Å². The molecule has 0 aliphatic heterocycles. The third kappa shape index (κ3) is 6.69. The van der Waals surface area contributed by atoms with Gasteiger partial charge in [0.1, 0.15) is 0 Å². The predicted octanol–water partition coefficient (Wildman–Crippen LogP) is 5.20. The van der Waals surface area contributed by atoms with Gasteiger partial charge in [-0.05, 0) is 65.1 Å². The Kier molecular flexibility index (Phi) is 8.28. The van der Waals surface area contributed by atoms with Crippen molar-refractivity contribution < 1.29 is 39.9 Å². The highest BCUT2D eigenvalue weighted by molar-refractivity contribution is 7.87. The minimum atomic E-state index is -5.26. The van der Waals surface area contributed by atoms with E-state index in [2.05, 4.69) is 41.5 Å². The SMILES string of the molecule is CC(C)(C)c1ccc([I+](OS(=O)(=O)C(F)(F)Cc2cccc3ccccc23)c2ccc(C(C)(C)C)cc2)cc1. The number of benzene rings is 4. The van der Waals surface area contributed by atoms with Gasteiger partial charge in [0.15, 0.2) is 7.14 Å². The van der Waals surface area contributed by atoms with E-state index in [4.69, 9.17) is 2.51 Å². The Hall–Kier alpha value is -2.36. The van der Waals surface area contributed by atoms with Gasteiger partial charge in [0.05, 0.1) is 6.42 Å². The molecule has 0 atom stereocenters. The summed E-state index contributed by atoms with van der Waals surface area (Å²) in [5.41, 5.74) is 2.17. The van der Waals surface area contributed by atoms with Crippen LogP contribution >= 0.6 is 0 Å². The summed E-state index contributed by atoms with van der Waals surface area (Å²) in [5, 5.41) is -2.74. The van der Waals surface area contributed by atoms with Crippen LogP contribution in [-0.2, 0) is 29.9 Å². The molecule has 1 radical (unpaired) electrons. The zero-order chi connectivity index (χ0) is 28.6. The van der Waals surface area contributed by atoms with Crippen LogP contribution in [0.5, 0.6) is 0 Å². The molecule has 0 fully saturated rings. The van der Waals surface area contributed by atoms with Crippen LogP contribution in [0.2, 0.25) is 0 Å². The van der Waals surface area contributed by atoms with Crippen LogP contribution in [0.4, 0.5) is 8.78 Å². The van der Waals surface area contributed by atoms with E-state index >= 15 is 8.78 Å². The number of fused-ring (bicyclic) bond motifs is 1. The lowest BCUT2D eigenvalue weighted by atomic mass is 9.87. The maximum absolute atomic E-state index is 15.6. The van der Waals surface area contributed by atoms with Crippen molar-refractivity contribution in [2.75, 3.05) is 0 Å². The van der Waals surface area contributed by atoms with Crippen molar-refractivity contribution in [2.45, 2.75) is 64.0 Å². The first-order valence-electron chi connectivity index (χ1n) is 12.8. The average Bonchev–Trinajstić information content (AvgIpc) is 2.86. The van der Waals surface area contributed by atoms with E-state index in [1.165, 1.54) is 0 Å². The second kappa shape index (κ2) is 10.9. The number of alkyl halides is 2. The third-order valence-corrected chi connectivity index (χ3v) is 14.0. The maximum atomic E-state index is 15.6. The van der Waals surface area contributed by atoms with Crippen LogP contribution in [-0.4, -0.2) is 13.7 Å². The van der Waals surface area contributed by atoms with Gasteiger partial charge in [-0.25, -0.2) is 0 Å². The second-order valence-corrected chi connectivity index (χ2v) is 18.4. The molecule has 0 aromatic heterocycles. The Morgan fingerprint density at radius 3 is 1.62 bits per heavy atom. The van der Waals surface area contributed by atoms with Gasteiger partial charge in [0.2, 0.25) is 0 Å². The lowest BCUT2D eigenvalue weighted by molar-refractivity contribution is -1.03. The van der Waals surface area contributed by atoms with Gasteiger partial charge in [-0.1, -0.05) is 108 Å². The Balaban J connectivity index is 1.72. The molecule has 0 saturated carbocycles. The molecule has 0 heterocycles. The molecule has 4 aromatic rings. The van der Waals surface area contributed by atoms with Crippen LogP contribution in [0.1, 0.15) is 58.2 Å². The van der Waals surface area contributed by atoms with Crippen LogP contribution in [0.15, 0.2) is 91.0 Å². The molecule has 0 aliphatic carbocycles. The molecule has 0 unspecified atom stereocenters. The van der Waals surface area contributed by atoms with Gasteiger partial charge in [-0.2, -0.15) is 17.2 Å². The molecule has 7 heteroatoms. The summed E-state index contributed by atoms with van der Waals surface area (Å²) in [6.07, 6.45) is -0.966. The smallest absolute Gasteiger partial charge is 0.189 e. The van der Waals surface area contributed by atoms with Crippen molar-refractivity contribution in [3.63, 3.8) is 0 Å². The first-order chi connectivity index (χ1) is 18.1. The van der Waals surface area contributed by atoms with Crippen LogP contribution in [0.25, 0.3) is 10.8 Å². The largest absolute Gasteiger partial charge is 0.377 e. The minimum Gasteiger partial charge on any atom is -0.189 e. The fourth-order valence-electron chi connectivity index (χ4n) is 4.21. The molecule has 0 spiro atoms. The highest BCUT2D eigenvalue weighted by Crippen LogP contribution is 2.30. The molecule has 0 aliphatic rings. The summed E-state index contributed by atoms with van der Waals surface area (Å²) in [7, 11) is -5.26. The van der Waals surface area contributed by atoms with Crippen molar-refractivity contribution in [3.05, 3.63) is 115 Å². The summed E-state index contributed by atoms with van der Waals surface area (Å²) < 4.78 is 64.5. The Bertz CT molecular complexity index is 1490. The van der Waals surface area contributed by atoms with Crippen LogP contribution < -0.4 is 20.2 Å². The molecule has 0 N–H and O–H groups in total. The fourth-order valence-corrected chi connectivity index (χ4v) is 11.1. The Labute approximate surface area is 238 Å². The van der Waals surface area contributed by atoms with Gasteiger partial charge >= 0.3 is 35.6 Å². The first-order valence-corrected chi connectivity index (χ1v) is 17.2. The topological polar surface area (TPSA) is 43.4 Å². The summed E-state index contributed by atoms with van der Waals surface area (Å²) >= 11 is -3.28. The Morgan fingerprint density at radius 2 is 1.13 bits per heavy atom. The van der Waals surface area contributed by atoms with Gasteiger partial charge < -0.3 is 0 Å². The fraction of sp³-hybridized carbons (Fsp3) is 0.312. The molecule has 0 saturated heterocycles. The van der Waals surface area contributed by atoms with Gasteiger partial charge in [-0.15, -0.1) is 0 Å². The summed E-state index contributed by atoms with van der Waals surface area (Å²) in [5.74, 6) is 0. The lowest BCUT2D eigenvalue weighted by Gasteiger charge is -2.20. The molecular formula is C32H35F2IO3S+. The van der Waals surface area contributed by atoms with E-state index in [1.807, 2.05) is 66.7 Å². The number of rotatable bonds is 7. The van der Waals surface area contributed by atoms with E-state index in [-0.39, 0.29) is 16.4 Å². The highest BCUT2D eigenvalue weighted by atomic mass is 127. The zero-order valence-corrected chi connectivity index (χ0v) is 26.1. The molecule has 4 rings (SSSR count). The standard InChI is InChI=1S/C32H35F2IO3S/c1-30(2,3)25-14-18-27(19-15-25)35(28-20-16-26(17-21-28)31(4,5)6)38-39(36,37)32(33,34)22-24-12-9-11-23-10-7-8-13-29(23)24/h7-21H,22H2,1-6H3/q+1. The number of hydrogen-bond donors (Lipinski definition) is 0. The molecular weight excluding hydrogens is 629 g/mol. The monoisotopic (exact) mass is 664 g/mol. The van der Waals surface area contributed by atoms with Crippen molar-refractivity contribution >= 4 is 20.9 Å². The molecule has 0 bridgehead atoms. The average molecular weight is 665 g/mol. The van der Waals surface area contributed by atoms with Crippen molar-refractivity contribution in [1.29, 1.82) is 0 Å². The summed E-state index contributed by atoms with van der Waals surface area (Å²) in [6, 6.07) is 27.1. The van der Waals surface area contributed by atoms with Crippen LogP contribution in [0.3, 0.4) is 0 Å². The van der Waals surface area contributed by atoms with Gasteiger partial charge in [-0.3, -0.25) is 0 Å². The normalized spacial score (nSPS) is 13.3. The van der Waals surface area contributed by atoms with Crippen molar-refractivity contribution in [2.24, 2.45) is 0 Å². The third-order valence-electron chi connectivity index (χ3n) is 6.60. The van der Waals surface area contributed by atoms with E-state index in [0.717, 1.165) is 16.5 Å². The maximum Gasteiger partial charge on any atom is 0.377 e. The van der Waals surface area contributed by atoms with E-state index < -0.39 is 42.0 Å². The number of halogens is 3. The van der Waals surface area contributed by atoms with Crippen molar-refractivity contribution in [1.82, 2.24) is 0 Å². The van der Waals surface area contributed by atoms with E-state index in [9.17, 15) is 8.42 Å². The lowest BCUT2D eigenvalue weighted by Crippen LogP contribution is -3.85. The molecule has 4 aromatic carbocycles. The Morgan fingerprint density at radius 1 is 0.667 bits per heavy atom. The van der Waals surface area contributed by atoms with E-state index in [1.54, 1.807) is 24.3 Å². The molecule has 207 valence electrons. The first kappa shape index (κ1) is 29.6. The molecule has 39 heavy (non-hydrogen) atoms. The summed E-state index contributed by atoms with van der Waals surface area (Å²) in [6.45, 7) is 12.5.